The van der Waals surface area contributed by atoms with E-state index in [1.165, 1.54) is 0 Å². The number of rotatable bonds is 3. The molecule has 0 aliphatic carbocycles. The molecule has 13 heavy (non-hydrogen) atoms. The first-order chi connectivity index (χ1) is 6.33. The van der Waals surface area contributed by atoms with Crippen molar-refractivity contribution in [2.24, 2.45) is 0 Å². The molecule has 70 valence electrons. The summed E-state index contributed by atoms with van der Waals surface area (Å²) in [7, 11) is 0. The second-order valence-electron chi connectivity index (χ2n) is 2.74. The molecule has 1 aromatic rings. The maximum atomic E-state index is 11.1. The average molecular weight is 182 g/mol. The lowest BCUT2D eigenvalue weighted by Gasteiger charge is -1.95. The second kappa shape index (κ2) is 3.22. The highest BCUT2D eigenvalue weighted by atomic mass is 16.6. The predicted octanol–water partition coefficient (Wildman–Crippen LogP) is 1.28. The maximum Gasteiger partial charge on any atom is 0.338 e. The van der Waals surface area contributed by atoms with Gasteiger partial charge in [-0.05, 0) is 19.1 Å². The minimum atomic E-state index is -0.467. The lowest BCUT2D eigenvalue weighted by molar-refractivity contribution is -0.144. The summed E-state index contributed by atoms with van der Waals surface area (Å²) in [6.07, 6.45) is 0.847. The molecule has 2 heterocycles. The molecule has 0 N–H and O–H groups in total. The SMILES string of the molecule is CCOC(=O)[C@@H]1O[C@H]1c1ccco1. The lowest BCUT2D eigenvalue weighted by atomic mass is 10.2. The number of carbonyl (C=O) groups is 1. The third-order valence-corrected chi connectivity index (χ3v) is 1.83. The van der Waals surface area contributed by atoms with Gasteiger partial charge < -0.3 is 13.9 Å². The Hall–Kier alpha value is -1.29. The summed E-state index contributed by atoms with van der Waals surface area (Å²) in [6, 6.07) is 3.54. The van der Waals surface area contributed by atoms with Crippen LogP contribution in [0.4, 0.5) is 0 Å². The van der Waals surface area contributed by atoms with Crippen LogP contribution in [0.15, 0.2) is 22.8 Å². The summed E-state index contributed by atoms with van der Waals surface area (Å²) in [6.45, 7) is 2.14. The van der Waals surface area contributed by atoms with Crippen LogP contribution in [0.3, 0.4) is 0 Å². The Morgan fingerprint density at radius 2 is 2.54 bits per heavy atom. The van der Waals surface area contributed by atoms with Crippen molar-refractivity contribution < 1.29 is 18.7 Å². The van der Waals surface area contributed by atoms with Gasteiger partial charge in [0.25, 0.3) is 0 Å². The Balaban J connectivity index is 1.92. The molecule has 0 radical (unpaired) electrons. The van der Waals surface area contributed by atoms with Crippen LogP contribution in [0.5, 0.6) is 0 Å². The van der Waals surface area contributed by atoms with Crippen LogP contribution in [-0.4, -0.2) is 18.7 Å². The molecule has 1 aliphatic rings. The Morgan fingerprint density at radius 1 is 1.69 bits per heavy atom. The van der Waals surface area contributed by atoms with Gasteiger partial charge in [-0.3, -0.25) is 0 Å². The summed E-state index contributed by atoms with van der Waals surface area (Å²) >= 11 is 0. The van der Waals surface area contributed by atoms with Gasteiger partial charge in [-0.25, -0.2) is 4.79 Å². The summed E-state index contributed by atoms with van der Waals surface area (Å²) < 4.78 is 15.0. The molecule has 1 saturated heterocycles. The third kappa shape index (κ3) is 1.58. The van der Waals surface area contributed by atoms with E-state index in [0.29, 0.717) is 12.4 Å². The van der Waals surface area contributed by atoms with Gasteiger partial charge in [0, 0.05) is 0 Å². The van der Waals surface area contributed by atoms with Crippen LogP contribution in [-0.2, 0) is 14.3 Å². The molecule has 0 saturated carbocycles. The van der Waals surface area contributed by atoms with Crippen LogP contribution >= 0.6 is 0 Å². The predicted molar refractivity (Wildman–Crippen MR) is 43.0 cm³/mol. The second-order valence-corrected chi connectivity index (χ2v) is 2.74. The Bertz CT molecular complexity index is 291. The van der Waals surface area contributed by atoms with Gasteiger partial charge in [-0.15, -0.1) is 0 Å². The van der Waals surface area contributed by atoms with E-state index < -0.39 is 6.10 Å². The Labute approximate surface area is 75.4 Å². The minimum Gasteiger partial charge on any atom is -0.466 e. The molecular weight excluding hydrogens is 172 g/mol. The lowest BCUT2D eigenvalue weighted by Crippen LogP contribution is -2.11. The molecule has 0 spiro atoms. The van der Waals surface area contributed by atoms with Crippen molar-refractivity contribution >= 4 is 5.97 Å². The maximum absolute atomic E-state index is 11.1. The summed E-state index contributed by atoms with van der Waals surface area (Å²) in [4.78, 5) is 11.1. The Morgan fingerprint density at radius 3 is 3.15 bits per heavy atom. The number of esters is 1. The first-order valence-electron chi connectivity index (χ1n) is 4.18. The van der Waals surface area contributed by atoms with Crippen molar-refractivity contribution in [3.05, 3.63) is 24.2 Å². The van der Waals surface area contributed by atoms with Gasteiger partial charge in [-0.1, -0.05) is 0 Å². The number of furan rings is 1. The Kier molecular flexibility index (Phi) is 2.06. The molecule has 0 amide bonds. The molecule has 2 atom stereocenters. The average Bonchev–Trinajstić information content (AvgIpc) is 2.74. The van der Waals surface area contributed by atoms with Gasteiger partial charge in [-0.2, -0.15) is 0 Å². The molecule has 4 nitrogen and oxygen atoms in total. The van der Waals surface area contributed by atoms with Crippen molar-refractivity contribution in [2.45, 2.75) is 19.1 Å². The van der Waals surface area contributed by atoms with Gasteiger partial charge in [0.05, 0.1) is 12.9 Å². The summed E-state index contributed by atoms with van der Waals surface area (Å²) in [5.74, 6) is 0.363. The normalized spacial score (nSPS) is 25.6. The summed E-state index contributed by atoms with van der Waals surface area (Å²) in [5, 5.41) is 0. The third-order valence-electron chi connectivity index (χ3n) is 1.83. The van der Waals surface area contributed by atoms with Crippen LogP contribution in [0.25, 0.3) is 0 Å². The number of epoxide rings is 1. The fourth-order valence-corrected chi connectivity index (χ4v) is 1.19. The monoisotopic (exact) mass is 182 g/mol. The molecule has 2 rings (SSSR count). The van der Waals surface area contributed by atoms with Gasteiger partial charge >= 0.3 is 5.97 Å². The van der Waals surface area contributed by atoms with E-state index in [2.05, 4.69) is 0 Å². The number of ether oxygens (including phenoxy) is 2. The minimum absolute atomic E-state index is 0.242. The molecule has 0 bridgehead atoms. The topological polar surface area (TPSA) is 52.0 Å². The largest absolute Gasteiger partial charge is 0.466 e. The smallest absolute Gasteiger partial charge is 0.338 e. The number of hydrogen-bond acceptors (Lipinski definition) is 4. The van der Waals surface area contributed by atoms with Crippen molar-refractivity contribution in [1.29, 1.82) is 0 Å². The molecule has 1 fully saturated rings. The van der Waals surface area contributed by atoms with Gasteiger partial charge in [0.15, 0.2) is 12.2 Å². The van der Waals surface area contributed by atoms with E-state index in [9.17, 15) is 4.79 Å². The fraction of sp³-hybridized carbons (Fsp3) is 0.444. The van der Waals surface area contributed by atoms with Crippen molar-refractivity contribution in [3.8, 4) is 0 Å². The van der Waals surface area contributed by atoms with E-state index in [0.717, 1.165) is 0 Å². The zero-order valence-electron chi connectivity index (χ0n) is 7.23. The van der Waals surface area contributed by atoms with E-state index >= 15 is 0 Å². The van der Waals surface area contributed by atoms with Crippen LogP contribution in [0.1, 0.15) is 18.8 Å². The molecule has 1 aromatic heterocycles. The first-order valence-corrected chi connectivity index (χ1v) is 4.18. The highest BCUT2D eigenvalue weighted by Crippen LogP contribution is 2.39. The molecular formula is C9H10O4. The van der Waals surface area contributed by atoms with Gasteiger partial charge in [0.1, 0.15) is 5.76 Å². The molecule has 0 aromatic carbocycles. The van der Waals surface area contributed by atoms with E-state index in [-0.39, 0.29) is 12.1 Å². The number of hydrogen-bond donors (Lipinski definition) is 0. The van der Waals surface area contributed by atoms with Crippen molar-refractivity contribution in [3.63, 3.8) is 0 Å². The highest BCUT2D eigenvalue weighted by molar-refractivity contribution is 5.78. The molecule has 0 unspecified atom stereocenters. The van der Waals surface area contributed by atoms with Crippen molar-refractivity contribution in [2.75, 3.05) is 6.61 Å². The quantitative estimate of drug-likeness (QED) is 0.522. The van der Waals surface area contributed by atoms with Crippen LogP contribution < -0.4 is 0 Å². The van der Waals surface area contributed by atoms with E-state index in [1.54, 1.807) is 25.3 Å². The first kappa shape index (κ1) is 8.31. The van der Waals surface area contributed by atoms with E-state index in [1.807, 2.05) is 0 Å². The fourth-order valence-electron chi connectivity index (χ4n) is 1.19. The highest BCUT2D eigenvalue weighted by Gasteiger charge is 2.49. The zero-order valence-corrected chi connectivity index (χ0v) is 7.23. The summed E-state index contributed by atoms with van der Waals surface area (Å²) in [5.41, 5.74) is 0. The molecule has 1 aliphatic heterocycles. The molecule has 4 heteroatoms. The van der Waals surface area contributed by atoms with Crippen molar-refractivity contribution in [1.82, 2.24) is 0 Å². The van der Waals surface area contributed by atoms with Crippen LogP contribution in [0, 0.1) is 0 Å². The zero-order chi connectivity index (χ0) is 9.26. The van der Waals surface area contributed by atoms with Crippen LogP contribution in [0.2, 0.25) is 0 Å². The van der Waals surface area contributed by atoms with Gasteiger partial charge in [0.2, 0.25) is 0 Å². The standard InChI is InChI=1S/C9H10O4/c1-2-11-9(10)8-7(13-8)6-4-3-5-12-6/h3-5,7-8H,2H2,1H3/t7-,8+/m0/s1. The number of carbonyl (C=O) groups excluding carboxylic acids is 1. The van der Waals surface area contributed by atoms with E-state index in [4.69, 9.17) is 13.9 Å².